The van der Waals surface area contributed by atoms with Crippen LogP contribution in [0.3, 0.4) is 0 Å². The molecule has 0 aliphatic heterocycles. The molecule has 0 bridgehead atoms. The standard InChI is InChI=1S/C13H17NO5/c1-2-3-6-18-7-8-19-13-9-11(10-15)4-5-12(13)14(16)17/h4-5,9-10H,2-3,6-8H2,1H3. The molecular formula is C13H17NO5. The molecule has 1 aromatic carbocycles. The van der Waals surface area contributed by atoms with Gasteiger partial charge in [0.05, 0.1) is 11.5 Å². The highest BCUT2D eigenvalue weighted by atomic mass is 16.6. The zero-order valence-electron chi connectivity index (χ0n) is 10.8. The van der Waals surface area contributed by atoms with Gasteiger partial charge in [0.25, 0.3) is 0 Å². The van der Waals surface area contributed by atoms with Crippen molar-refractivity contribution in [2.24, 2.45) is 0 Å². The first-order chi connectivity index (χ1) is 9.19. The number of hydrogen-bond donors (Lipinski definition) is 0. The molecule has 0 radical (unpaired) electrons. The number of aldehydes is 1. The van der Waals surface area contributed by atoms with Crippen LogP contribution in [-0.2, 0) is 4.74 Å². The van der Waals surface area contributed by atoms with Crippen molar-refractivity contribution in [2.75, 3.05) is 19.8 Å². The molecule has 0 spiro atoms. The fourth-order valence-corrected chi connectivity index (χ4v) is 1.43. The highest BCUT2D eigenvalue weighted by molar-refractivity contribution is 5.76. The molecule has 0 saturated carbocycles. The van der Waals surface area contributed by atoms with Crippen molar-refractivity contribution >= 4 is 12.0 Å². The zero-order valence-corrected chi connectivity index (χ0v) is 10.8. The fraction of sp³-hybridized carbons (Fsp3) is 0.462. The first kappa shape index (κ1) is 15.1. The molecule has 0 atom stereocenters. The maximum absolute atomic E-state index is 10.8. The van der Waals surface area contributed by atoms with Crippen molar-refractivity contribution in [1.82, 2.24) is 0 Å². The van der Waals surface area contributed by atoms with E-state index in [0.717, 1.165) is 12.8 Å². The molecule has 0 aliphatic carbocycles. The molecule has 1 rings (SSSR count). The Morgan fingerprint density at radius 3 is 2.74 bits per heavy atom. The van der Waals surface area contributed by atoms with E-state index >= 15 is 0 Å². The number of carbonyl (C=O) groups is 1. The van der Waals surface area contributed by atoms with Crippen molar-refractivity contribution in [3.8, 4) is 5.75 Å². The van der Waals surface area contributed by atoms with Gasteiger partial charge in [0, 0.05) is 18.2 Å². The molecule has 0 heterocycles. The average Bonchev–Trinajstić information content (AvgIpc) is 2.42. The number of ether oxygens (including phenoxy) is 2. The van der Waals surface area contributed by atoms with Crippen LogP contribution in [0.2, 0.25) is 0 Å². The quantitative estimate of drug-likeness (QED) is 0.297. The second kappa shape index (κ2) is 8.20. The smallest absolute Gasteiger partial charge is 0.310 e. The van der Waals surface area contributed by atoms with Gasteiger partial charge in [0.15, 0.2) is 5.75 Å². The van der Waals surface area contributed by atoms with Gasteiger partial charge in [-0.2, -0.15) is 0 Å². The average molecular weight is 267 g/mol. The molecule has 0 N–H and O–H groups in total. The van der Waals surface area contributed by atoms with Crippen molar-refractivity contribution in [3.05, 3.63) is 33.9 Å². The Bertz CT molecular complexity index is 433. The lowest BCUT2D eigenvalue weighted by Gasteiger charge is -2.07. The van der Waals surface area contributed by atoms with Gasteiger partial charge in [0.2, 0.25) is 0 Å². The normalized spacial score (nSPS) is 10.2. The summed E-state index contributed by atoms with van der Waals surface area (Å²) < 4.78 is 10.6. The number of carbonyl (C=O) groups excluding carboxylic acids is 1. The van der Waals surface area contributed by atoms with Gasteiger partial charge in [-0.05, 0) is 18.6 Å². The fourth-order valence-electron chi connectivity index (χ4n) is 1.43. The summed E-state index contributed by atoms with van der Waals surface area (Å²) in [5.74, 6) is 0.0914. The van der Waals surface area contributed by atoms with E-state index in [4.69, 9.17) is 9.47 Å². The second-order valence-electron chi connectivity index (χ2n) is 3.92. The lowest BCUT2D eigenvalue weighted by atomic mass is 10.2. The Morgan fingerprint density at radius 2 is 2.11 bits per heavy atom. The summed E-state index contributed by atoms with van der Waals surface area (Å²) in [4.78, 5) is 20.9. The van der Waals surface area contributed by atoms with E-state index in [0.29, 0.717) is 25.1 Å². The van der Waals surface area contributed by atoms with Gasteiger partial charge in [0.1, 0.15) is 12.9 Å². The molecular weight excluding hydrogens is 250 g/mol. The molecule has 0 aromatic heterocycles. The predicted molar refractivity (Wildman–Crippen MR) is 69.7 cm³/mol. The molecule has 6 heteroatoms. The van der Waals surface area contributed by atoms with Crippen molar-refractivity contribution < 1.29 is 19.2 Å². The van der Waals surface area contributed by atoms with Crippen LogP contribution in [0, 0.1) is 10.1 Å². The van der Waals surface area contributed by atoms with Gasteiger partial charge in [-0.15, -0.1) is 0 Å². The molecule has 1 aromatic rings. The number of rotatable bonds is 9. The Morgan fingerprint density at radius 1 is 1.32 bits per heavy atom. The lowest BCUT2D eigenvalue weighted by molar-refractivity contribution is -0.385. The highest BCUT2D eigenvalue weighted by Gasteiger charge is 2.15. The molecule has 19 heavy (non-hydrogen) atoms. The van der Waals surface area contributed by atoms with E-state index < -0.39 is 4.92 Å². The van der Waals surface area contributed by atoms with E-state index in [1.165, 1.54) is 18.2 Å². The summed E-state index contributed by atoms with van der Waals surface area (Å²) >= 11 is 0. The van der Waals surface area contributed by atoms with Crippen LogP contribution >= 0.6 is 0 Å². The molecule has 104 valence electrons. The van der Waals surface area contributed by atoms with Gasteiger partial charge in [-0.3, -0.25) is 14.9 Å². The zero-order chi connectivity index (χ0) is 14.1. The van der Waals surface area contributed by atoms with E-state index in [-0.39, 0.29) is 18.0 Å². The SMILES string of the molecule is CCCCOCCOc1cc(C=O)ccc1[N+](=O)[O-]. The summed E-state index contributed by atoms with van der Waals surface area (Å²) in [6, 6.07) is 4.00. The van der Waals surface area contributed by atoms with Crippen LogP contribution in [0.25, 0.3) is 0 Å². The minimum Gasteiger partial charge on any atom is -0.484 e. The van der Waals surface area contributed by atoms with E-state index in [1.54, 1.807) is 0 Å². The van der Waals surface area contributed by atoms with Gasteiger partial charge < -0.3 is 9.47 Å². The predicted octanol–water partition coefficient (Wildman–Crippen LogP) is 2.60. The monoisotopic (exact) mass is 267 g/mol. The van der Waals surface area contributed by atoms with Crippen LogP contribution in [0.5, 0.6) is 5.75 Å². The molecule has 0 amide bonds. The summed E-state index contributed by atoms with van der Waals surface area (Å²) in [6.07, 6.45) is 2.64. The van der Waals surface area contributed by atoms with Gasteiger partial charge in [-0.1, -0.05) is 13.3 Å². The van der Waals surface area contributed by atoms with Crippen molar-refractivity contribution in [1.29, 1.82) is 0 Å². The van der Waals surface area contributed by atoms with E-state index in [2.05, 4.69) is 6.92 Å². The number of nitro groups is 1. The molecule has 0 fully saturated rings. The third-order valence-corrected chi connectivity index (χ3v) is 2.44. The Balaban J connectivity index is 2.55. The second-order valence-corrected chi connectivity index (χ2v) is 3.92. The third kappa shape index (κ3) is 5.05. The van der Waals surface area contributed by atoms with Gasteiger partial charge in [-0.25, -0.2) is 0 Å². The maximum Gasteiger partial charge on any atom is 0.310 e. The van der Waals surface area contributed by atoms with Crippen molar-refractivity contribution in [3.63, 3.8) is 0 Å². The van der Waals surface area contributed by atoms with Crippen LogP contribution in [0.15, 0.2) is 18.2 Å². The first-order valence-electron chi connectivity index (χ1n) is 6.13. The first-order valence-corrected chi connectivity index (χ1v) is 6.13. The largest absolute Gasteiger partial charge is 0.484 e. The Hall–Kier alpha value is -1.95. The van der Waals surface area contributed by atoms with Crippen LogP contribution in [-0.4, -0.2) is 31.0 Å². The minimum absolute atomic E-state index is 0.0914. The third-order valence-electron chi connectivity index (χ3n) is 2.44. The minimum atomic E-state index is -0.540. The lowest BCUT2D eigenvalue weighted by Crippen LogP contribution is -2.08. The number of unbranched alkanes of at least 4 members (excludes halogenated alkanes) is 1. The van der Waals surface area contributed by atoms with E-state index in [9.17, 15) is 14.9 Å². The maximum atomic E-state index is 10.8. The summed E-state index contributed by atoms with van der Waals surface area (Å²) in [7, 11) is 0. The molecule has 0 aliphatic rings. The van der Waals surface area contributed by atoms with Crippen molar-refractivity contribution in [2.45, 2.75) is 19.8 Å². The molecule has 0 saturated heterocycles. The van der Waals surface area contributed by atoms with Crippen LogP contribution < -0.4 is 4.74 Å². The number of nitrogens with zero attached hydrogens (tertiary/aromatic N) is 1. The number of hydrogen-bond acceptors (Lipinski definition) is 5. The highest BCUT2D eigenvalue weighted by Crippen LogP contribution is 2.27. The Labute approximate surface area is 111 Å². The van der Waals surface area contributed by atoms with Gasteiger partial charge >= 0.3 is 5.69 Å². The summed E-state index contributed by atoms with van der Waals surface area (Å²) in [5, 5.41) is 10.8. The van der Waals surface area contributed by atoms with Crippen LogP contribution in [0.4, 0.5) is 5.69 Å². The number of benzene rings is 1. The summed E-state index contributed by atoms with van der Waals surface area (Å²) in [6.45, 7) is 3.29. The summed E-state index contributed by atoms with van der Waals surface area (Å²) in [5.41, 5.74) is 0.187. The molecule has 0 unspecified atom stereocenters. The number of nitro benzene ring substituents is 1. The molecule has 6 nitrogen and oxygen atoms in total. The van der Waals surface area contributed by atoms with Crippen LogP contribution in [0.1, 0.15) is 30.1 Å². The Kier molecular flexibility index (Phi) is 6.52. The topological polar surface area (TPSA) is 78.7 Å². The van der Waals surface area contributed by atoms with E-state index in [1.807, 2.05) is 0 Å².